The third kappa shape index (κ3) is 4.83. The molecule has 0 aliphatic heterocycles. The summed E-state index contributed by atoms with van der Waals surface area (Å²) in [5, 5.41) is 0. The third-order valence-corrected chi connectivity index (χ3v) is 4.01. The van der Waals surface area contributed by atoms with Crippen LogP contribution in [0.15, 0.2) is 12.3 Å². The van der Waals surface area contributed by atoms with Crippen molar-refractivity contribution in [1.82, 2.24) is 0 Å². The van der Waals surface area contributed by atoms with Crippen molar-refractivity contribution >= 4 is 21.4 Å². The van der Waals surface area contributed by atoms with Gasteiger partial charge in [-0.15, -0.1) is 0 Å². The lowest BCUT2D eigenvalue weighted by Gasteiger charge is -2.25. The van der Waals surface area contributed by atoms with Crippen LogP contribution in [0.2, 0.25) is 0 Å². The van der Waals surface area contributed by atoms with Gasteiger partial charge in [-0.05, 0) is 19.5 Å². The second-order valence-corrected chi connectivity index (χ2v) is 5.17. The molecule has 0 unspecified atom stereocenters. The zero-order valence-corrected chi connectivity index (χ0v) is 10.2. The monoisotopic (exact) mass is 222 g/mol. The van der Waals surface area contributed by atoms with Crippen LogP contribution in [-0.2, 0) is 13.3 Å². The molecule has 78 valence electrons. The highest BCUT2D eigenvalue weighted by atomic mass is 32.1. The second-order valence-electron chi connectivity index (χ2n) is 2.25. The average molecular weight is 222 g/mol. The van der Waals surface area contributed by atoms with E-state index in [0.29, 0.717) is 25.6 Å². The molecule has 0 bridgehead atoms. The van der Waals surface area contributed by atoms with E-state index in [2.05, 4.69) is 19.2 Å². The lowest BCUT2D eigenvalue weighted by atomic mass is 10.9. The van der Waals surface area contributed by atoms with E-state index in [0.717, 1.165) is 0 Å². The van der Waals surface area contributed by atoms with Crippen molar-refractivity contribution in [2.45, 2.75) is 13.8 Å². The average Bonchev–Trinajstić information content (AvgIpc) is 2.15. The quantitative estimate of drug-likeness (QED) is 0.500. The molecule has 0 aliphatic carbocycles. The smallest absolute Gasteiger partial charge is 0.371 e. The van der Waals surface area contributed by atoms with Gasteiger partial charge >= 0.3 is 8.80 Å². The Morgan fingerprint density at radius 2 is 1.77 bits per heavy atom. The van der Waals surface area contributed by atoms with Crippen LogP contribution in [0, 0.1) is 0 Å². The molecule has 0 radical (unpaired) electrons. The minimum atomic E-state index is -2.58. The molecule has 3 nitrogen and oxygen atoms in total. The van der Waals surface area contributed by atoms with Gasteiger partial charge in [0.25, 0.3) is 0 Å². The van der Waals surface area contributed by atoms with Gasteiger partial charge in [-0.3, -0.25) is 0 Å². The molecule has 0 aromatic heterocycles. The Balaban J connectivity index is 4.16. The highest BCUT2D eigenvalue weighted by Gasteiger charge is 2.36. The Labute approximate surface area is 86.9 Å². The SMILES string of the molecule is C=C[Si](OCC)(OCC)OCCS. The van der Waals surface area contributed by atoms with Crippen molar-refractivity contribution in [2.24, 2.45) is 0 Å². The highest BCUT2D eigenvalue weighted by molar-refractivity contribution is 7.80. The predicted molar refractivity (Wildman–Crippen MR) is 59.0 cm³/mol. The van der Waals surface area contributed by atoms with Crippen molar-refractivity contribution in [2.75, 3.05) is 25.6 Å². The molecule has 0 aromatic carbocycles. The van der Waals surface area contributed by atoms with Gasteiger partial charge in [0.2, 0.25) is 0 Å². The maximum atomic E-state index is 5.51. The first-order valence-electron chi connectivity index (χ1n) is 4.41. The van der Waals surface area contributed by atoms with Gasteiger partial charge in [0.05, 0.1) is 0 Å². The van der Waals surface area contributed by atoms with Crippen molar-refractivity contribution in [3.05, 3.63) is 12.3 Å². The van der Waals surface area contributed by atoms with Gasteiger partial charge in [0.15, 0.2) is 0 Å². The number of hydrogen-bond donors (Lipinski definition) is 1. The maximum Gasteiger partial charge on any atom is 0.529 e. The fourth-order valence-corrected chi connectivity index (χ4v) is 2.95. The Kier molecular flexibility index (Phi) is 7.69. The van der Waals surface area contributed by atoms with E-state index in [1.165, 1.54) is 0 Å². The van der Waals surface area contributed by atoms with Crippen LogP contribution in [0.3, 0.4) is 0 Å². The summed E-state index contributed by atoms with van der Waals surface area (Å²) in [6, 6.07) is 0. The minimum Gasteiger partial charge on any atom is -0.371 e. The number of rotatable bonds is 8. The zero-order chi connectivity index (χ0) is 10.2. The highest BCUT2D eigenvalue weighted by Crippen LogP contribution is 2.10. The van der Waals surface area contributed by atoms with Crippen LogP contribution < -0.4 is 0 Å². The molecule has 0 saturated carbocycles. The number of thiol groups is 1. The van der Waals surface area contributed by atoms with Gasteiger partial charge in [0, 0.05) is 25.6 Å². The van der Waals surface area contributed by atoms with E-state index in [1.54, 1.807) is 5.70 Å². The molecular weight excluding hydrogens is 204 g/mol. The molecule has 0 rings (SSSR count). The molecule has 0 fully saturated rings. The van der Waals surface area contributed by atoms with E-state index < -0.39 is 8.80 Å². The second kappa shape index (κ2) is 7.58. The lowest BCUT2D eigenvalue weighted by Crippen LogP contribution is -2.44. The molecule has 0 atom stereocenters. The summed E-state index contributed by atoms with van der Waals surface area (Å²) >= 11 is 4.06. The van der Waals surface area contributed by atoms with Crippen LogP contribution in [0.4, 0.5) is 0 Å². The summed E-state index contributed by atoms with van der Waals surface area (Å²) in [5.41, 5.74) is 1.66. The van der Waals surface area contributed by atoms with Crippen molar-refractivity contribution in [3.8, 4) is 0 Å². The van der Waals surface area contributed by atoms with Crippen LogP contribution in [-0.4, -0.2) is 34.4 Å². The third-order valence-electron chi connectivity index (χ3n) is 1.34. The first-order chi connectivity index (χ1) is 6.24. The fourth-order valence-electron chi connectivity index (χ4n) is 0.892. The Hall–Kier alpha value is 0.187. The van der Waals surface area contributed by atoms with E-state index >= 15 is 0 Å². The molecule has 0 aromatic rings. The van der Waals surface area contributed by atoms with E-state index in [-0.39, 0.29) is 0 Å². The maximum absolute atomic E-state index is 5.51. The van der Waals surface area contributed by atoms with E-state index in [4.69, 9.17) is 13.3 Å². The topological polar surface area (TPSA) is 27.7 Å². The fraction of sp³-hybridized carbons (Fsp3) is 0.750. The molecule has 0 N–H and O–H groups in total. The summed E-state index contributed by atoms with van der Waals surface area (Å²) in [6.45, 7) is 9.18. The largest absolute Gasteiger partial charge is 0.529 e. The summed E-state index contributed by atoms with van der Waals surface area (Å²) in [6.07, 6.45) is 0. The van der Waals surface area contributed by atoms with Crippen LogP contribution in [0.5, 0.6) is 0 Å². The first-order valence-corrected chi connectivity index (χ1v) is 6.84. The van der Waals surface area contributed by atoms with Gasteiger partial charge in [-0.1, -0.05) is 6.58 Å². The van der Waals surface area contributed by atoms with Crippen molar-refractivity contribution < 1.29 is 13.3 Å². The Morgan fingerprint density at radius 3 is 2.08 bits per heavy atom. The van der Waals surface area contributed by atoms with Crippen LogP contribution >= 0.6 is 12.6 Å². The van der Waals surface area contributed by atoms with Gasteiger partial charge in [-0.2, -0.15) is 12.6 Å². The van der Waals surface area contributed by atoms with Crippen LogP contribution in [0.25, 0.3) is 0 Å². The summed E-state index contributed by atoms with van der Waals surface area (Å²) in [5.74, 6) is 0.655. The molecule has 5 heteroatoms. The molecule has 0 saturated heterocycles. The summed E-state index contributed by atoms with van der Waals surface area (Å²) < 4.78 is 16.4. The predicted octanol–water partition coefficient (Wildman–Crippen LogP) is 1.67. The minimum absolute atomic E-state index is 0.529. The molecular formula is C8H18O3SSi. The Bertz CT molecular complexity index is 137. The Morgan fingerprint density at radius 1 is 1.23 bits per heavy atom. The molecule has 13 heavy (non-hydrogen) atoms. The standard InChI is InChI=1S/C8H18O3SSi/c1-4-9-13(6-3,10-5-2)11-7-8-12/h6,12H,3-5,7-8H2,1-2H3. The van der Waals surface area contributed by atoms with E-state index in [9.17, 15) is 0 Å². The number of hydrogen-bond acceptors (Lipinski definition) is 4. The molecule has 0 heterocycles. The summed E-state index contributed by atoms with van der Waals surface area (Å²) in [4.78, 5) is 0. The molecule has 0 amide bonds. The first kappa shape index (κ1) is 13.2. The van der Waals surface area contributed by atoms with Gasteiger partial charge in [-0.25, -0.2) is 0 Å². The van der Waals surface area contributed by atoms with Gasteiger partial charge < -0.3 is 13.3 Å². The zero-order valence-electron chi connectivity index (χ0n) is 8.28. The molecule has 0 spiro atoms. The van der Waals surface area contributed by atoms with E-state index in [1.807, 2.05) is 13.8 Å². The molecule has 0 aliphatic rings. The lowest BCUT2D eigenvalue weighted by molar-refractivity contribution is 0.0853. The van der Waals surface area contributed by atoms with Gasteiger partial charge in [0.1, 0.15) is 0 Å². The van der Waals surface area contributed by atoms with Crippen LogP contribution in [0.1, 0.15) is 13.8 Å². The van der Waals surface area contributed by atoms with Crippen molar-refractivity contribution in [1.29, 1.82) is 0 Å². The summed E-state index contributed by atoms with van der Waals surface area (Å²) in [7, 11) is -2.58. The van der Waals surface area contributed by atoms with Crippen molar-refractivity contribution in [3.63, 3.8) is 0 Å². The normalized spacial score (nSPS) is 11.6.